The van der Waals surface area contributed by atoms with Gasteiger partial charge in [-0.15, -0.1) is 0 Å². The van der Waals surface area contributed by atoms with Crippen molar-refractivity contribution in [1.29, 1.82) is 0 Å². The van der Waals surface area contributed by atoms with E-state index in [2.05, 4.69) is 15.8 Å². The molecule has 1 unspecified atom stereocenters. The molecular weight excluding hydrogens is 418 g/mol. The van der Waals surface area contributed by atoms with E-state index in [4.69, 9.17) is 4.52 Å². The van der Waals surface area contributed by atoms with Crippen LogP contribution in [0.15, 0.2) is 10.6 Å². The molecule has 31 heavy (non-hydrogen) atoms. The van der Waals surface area contributed by atoms with Gasteiger partial charge in [0.2, 0.25) is 0 Å². The maximum absolute atomic E-state index is 13.5. The Morgan fingerprint density at radius 1 is 1.16 bits per heavy atom. The average molecular weight is 452 g/mol. The van der Waals surface area contributed by atoms with Gasteiger partial charge in [-0.25, -0.2) is 0 Å². The second-order valence-electron chi connectivity index (χ2n) is 9.60. The van der Waals surface area contributed by atoms with Crippen LogP contribution in [0.25, 0.3) is 0 Å². The van der Waals surface area contributed by atoms with Crippen molar-refractivity contribution >= 4 is 16.1 Å². The molecule has 10 heteroatoms. The van der Waals surface area contributed by atoms with E-state index >= 15 is 0 Å². The van der Waals surface area contributed by atoms with Gasteiger partial charge in [0.05, 0.1) is 0 Å². The number of carbonyl (C=O) groups excluding carboxylic acids is 1. The lowest BCUT2D eigenvalue weighted by atomic mass is 9.84. The molecule has 1 saturated carbocycles. The molecule has 0 spiro atoms. The summed E-state index contributed by atoms with van der Waals surface area (Å²) in [6, 6.07) is 1.64. The number of amides is 1. The molecule has 9 nitrogen and oxygen atoms in total. The van der Waals surface area contributed by atoms with Gasteiger partial charge in [-0.1, -0.05) is 11.6 Å². The molecule has 1 aromatic heterocycles. The second kappa shape index (κ2) is 8.46. The van der Waals surface area contributed by atoms with Crippen LogP contribution in [0.5, 0.6) is 0 Å². The summed E-state index contributed by atoms with van der Waals surface area (Å²) in [5, 5.41) is 10.3. The number of aromatic nitrogens is 1. The fourth-order valence-corrected chi connectivity index (χ4v) is 7.58. The fraction of sp³-hybridized carbons (Fsp3) is 0.810. The van der Waals surface area contributed by atoms with E-state index < -0.39 is 10.2 Å². The summed E-state index contributed by atoms with van der Waals surface area (Å²) >= 11 is 0. The zero-order valence-electron chi connectivity index (χ0n) is 18.1. The molecule has 0 radical (unpaired) electrons. The van der Waals surface area contributed by atoms with Gasteiger partial charge in [0.25, 0.3) is 16.1 Å². The van der Waals surface area contributed by atoms with Gasteiger partial charge < -0.3 is 15.2 Å². The molecule has 1 aromatic rings. The Morgan fingerprint density at radius 3 is 2.48 bits per heavy atom. The Morgan fingerprint density at radius 2 is 1.84 bits per heavy atom. The molecule has 2 N–H and O–H groups in total. The van der Waals surface area contributed by atoms with E-state index in [1.165, 1.54) is 0 Å². The number of hydrogen-bond acceptors (Lipinski definition) is 6. The van der Waals surface area contributed by atoms with Gasteiger partial charge >= 0.3 is 0 Å². The van der Waals surface area contributed by atoms with Crippen molar-refractivity contribution < 1.29 is 17.7 Å². The number of rotatable bonds is 6. The minimum atomic E-state index is -3.53. The highest BCUT2D eigenvalue weighted by Crippen LogP contribution is 2.40. The van der Waals surface area contributed by atoms with Crippen molar-refractivity contribution in [3.63, 3.8) is 0 Å². The lowest BCUT2D eigenvalue weighted by Crippen LogP contribution is -2.62. The van der Waals surface area contributed by atoms with Crippen LogP contribution in [0.3, 0.4) is 0 Å². The largest absolute Gasteiger partial charge is 0.360 e. The van der Waals surface area contributed by atoms with Crippen molar-refractivity contribution in [3.8, 4) is 0 Å². The van der Waals surface area contributed by atoms with Gasteiger partial charge in [-0.05, 0) is 64.5 Å². The first kappa shape index (κ1) is 21.4. The highest BCUT2D eigenvalue weighted by molar-refractivity contribution is 7.86. The maximum atomic E-state index is 13.5. The summed E-state index contributed by atoms with van der Waals surface area (Å²) in [5.74, 6) is 0.990. The first-order valence-corrected chi connectivity index (χ1v) is 13.1. The first-order chi connectivity index (χ1) is 14.9. The summed E-state index contributed by atoms with van der Waals surface area (Å²) in [7, 11) is -1.79. The highest BCUT2D eigenvalue weighted by atomic mass is 32.2. The molecule has 1 amide bonds. The number of carbonyl (C=O) groups is 1. The van der Waals surface area contributed by atoms with E-state index in [9.17, 15) is 13.2 Å². The molecular formula is C21H33N5O4S. The Balaban J connectivity index is 1.26. The van der Waals surface area contributed by atoms with Crippen molar-refractivity contribution in [1.82, 2.24) is 24.4 Å². The Hall–Kier alpha value is -1.49. The van der Waals surface area contributed by atoms with Crippen LogP contribution in [-0.2, 0) is 10.2 Å². The SMILES string of the molecule is CN(C1CCNCC1)S(=O)(=O)N1[C@@H]2CCC[C@H]1CC(NC(=O)c1cc(C3CC3)on1)C2. The predicted molar refractivity (Wildman–Crippen MR) is 115 cm³/mol. The van der Waals surface area contributed by atoms with Crippen molar-refractivity contribution in [2.75, 3.05) is 20.1 Å². The molecule has 0 aromatic carbocycles. The number of hydrogen-bond donors (Lipinski definition) is 2. The van der Waals surface area contributed by atoms with Crippen molar-refractivity contribution in [3.05, 3.63) is 17.5 Å². The first-order valence-electron chi connectivity index (χ1n) is 11.7. The third kappa shape index (κ3) is 4.27. The van der Waals surface area contributed by atoms with E-state index in [0.717, 1.165) is 63.8 Å². The molecule has 3 saturated heterocycles. The third-order valence-corrected chi connectivity index (χ3v) is 9.59. The summed E-state index contributed by atoms with van der Waals surface area (Å²) in [6.07, 6.45) is 7.90. The highest BCUT2D eigenvalue weighted by Gasteiger charge is 2.47. The van der Waals surface area contributed by atoms with Crippen LogP contribution >= 0.6 is 0 Å². The molecule has 5 rings (SSSR count). The minimum absolute atomic E-state index is 0.0421. The zero-order chi connectivity index (χ0) is 21.6. The van der Waals surface area contributed by atoms with Crippen LogP contribution in [0.4, 0.5) is 0 Å². The van der Waals surface area contributed by atoms with Gasteiger partial charge in [0, 0.05) is 43.2 Å². The Labute approximate surface area is 184 Å². The van der Waals surface area contributed by atoms with Crippen LogP contribution < -0.4 is 10.6 Å². The minimum Gasteiger partial charge on any atom is -0.360 e. The third-order valence-electron chi connectivity index (χ3n) is 7.44. The average Bonchev–Trinajstić information content (AvgIpc) is 3.49. The number of piperidine rings is 3. The number of nitrogens with one attached hydrogen (secondary N) is 2. The Kier molecular flexibility index (Phi) is 5.83. The zero-order valence-corrected chi connectivity index (χ0v) is 18.9. The van der Waals surface area contributed by atoms with Crippen molar-refractivity contribution in [2.45, 2.75) is 87.9 Å². The van der Waals surface area contributed by atoms with E-state index in [0.29, 0.717) is 24.5 Å². The van der Waals surface area contributed by atoms with E-state index in [-0.39, 0.29) is 30.1 Å². The lowest BCUT2D eigenvalue weighted by molar-refractivity contribution is 0.0756. The summed E-state index contributed by atoms with van der Waals surface area (Å²) in [6.45, 7) is 1.71. The summed E-state index contributed by atoms with van der Waals surface area (Å²) < 4.78 is 35.8. The fourth-order valence-electron chi connectivity index (χ4n) is 5.56. The summed E-state index contributed by atoms with van der Waals surface area (Å²) in [5.41, 5.74) is 0.327. The van der Waals surface area contributed by atoms with Crippen LogP contribution in [0.2, 0.25) is 0 Å². The lowest BCUT2D eigenvalue weighted by Gasteiger charge is -2.49. The second-order valence-corrected chi connectivity index (χ2v) is 11.5. The van der Waals surface area contributed by atoms with E-state index in [1.54, 1.807) is 21.7 Å². The van der Waals surface area contributed by atoms with Crippen LogP contribution in [-0.4, -0.2) is 72.4 Å². The normalized spacial score (nSPS) is 30.5. The van der Waals surface area contributed by atoms with E-state index in [1.807, 2.05) is 0 Å². The molecule has 4 aliphatic rings. The Bertz CT molecular complexity index is 895. The quantitative estimate of drug-likeness (QED) is 0.680. The van der Waals surface area contributed by atoms with Crippen LogP contribution in [0.1, 0.15) is 80.0 Å². The van der Waals surface area contributed by atoms with Gasteiger partial charge in [-0.3, -0.25) is 4.79 Å². The standard InChI is InChI=1S/C21H33N5O4S/c1-25(16-7-9-22-10-8-16)31(28,29)26-17-3-2-4-18(26)12-15(11-17)23-21(27)19-13-20(30-24-19)14-5-6-14/h13-18,22H,2-12H2,1H3,(H,23,27)/t15?,17-,18+. The molecule has 3 aliphatic heterocycles. The summed E-state index contributed by atoms with van der Waals surface area (Å²) in [4.78, 5) is 12.7. The molecule has 172 valence electrons. The van der Waals surface area contributed by atoms with Crippen molar-refractivity contribution in [2.24, 2.45) is 0 Å². The molecule has 2 bridgehead atoms. The topological polar surface area (TPSA) is 108 Å². The predicted octanol–water partition coefficient (Wildman–Crippen LogP) is 1.60. The van der Waals surface area contributed by atoms with Crippen LogP contribution in [0, 0.1) is 0 Å². The smallest absolute Gasteiger partial charge is 0.282 e. The monoisotopic (exact) mass is 451 g/mol. The maximum Gasteiger partial charge on any atom is 0.282 e. The van der Waals surface area contributed by atoms with Gasteiger partial charge in [-0.2, -0.15) is 17.0 Å². The number of nitrogens with zero attached hydrogens (tertiary/aromatic N) is 3. The molecule has 3 atom stereocenters. The number of fused-ring (bicyclic) bond motifs is 2. The van der Waals surface area contributed by atoms with Gasteiger partial charge in [0.15, 0.2) is 5.69 Å². The van der Waals surface area contributed by atoms with Gasteiger partial charge in [0.1, 0.15) is 5.76 Å². The molecule has 4 fully saturated rings. The molecule has 1 aliphatic carbocycles. The molecule has 4 heterocycles.